The van der Waals surface area contributed by atoms with Gasteiger partial charge in [-0.15, -0.1) is 0 Å². The van der Waals surface area contributed by atoms with Gasteiger partial charge in [0.15, 0.2) is 0 Å². The summed E-state index contributed by atoms with van der Waals surface area (Å²) in [6.45, 7) is 4.02. The van der Waals surface area contributed by atoms with Gasteiger partial charge in [-0.2, -0.15) is 0 Å². The summed E-state index contributed by atoms with van der Waals surface area (Å²) in [5.41, 5.74) is 1.91. The molecule has 1 atom stereocenters. The Morgan fingerprint density at radius 3 is 2.50 bits per heavy atom. The molecule has 7 heteroatoms. The number of hydrogen-bond acceptors (Lipinski definition) is 5. The maximum atomic E-state index is 12.4. The predicted octanol–water partition coefficient (Wildman–Crippen LogP) is 3.42. The van der Waals surface area contributed by atoms with Gasteiger partial charge in [-0.25, -0.2) is 9.78 Å². The molecule has 2 heterocycles. The Morgan fingerprint density at radius 2 is 1.88 bits per heavy atom. The van der Waals surface area contributed by atoms with Gasteiger partial charge in [-0.1, -0.05) is 47.5 Å². The van der Waals surface area contributed by atoms with Crippen molar-refractivity contribution in [2.75, 3.05) is 33.3 Å². The van der Waals surface area contributed by atoms with Crippen molar-refractivity contribution in [1.29, 1.82) is 0 Å². The molecule has 1 unspecified atom stereocenters. The van der Waals surface area contributed by atoms with E-state index in [1.807, 2.05) is 24.3 Å². The van der Waals surface area contributed by atoms with E-state index in [1.165, 1.54) is 7.11 Å². The second-order valence-corrected chi connectivity index (χ2v) is 7.04. The lowest BCUT2D eigenvalue weighted by Crippen LogP contribution is -2.49. The van der Waals surface area contributed by atoms with Gasteiger partial charge in [-0.3, -0.25) is 9.80 Å². The Bertz CT molecular complexity index is 747. The number of pyridine rings is 1. The van der Waals surface area contributed by atoms with Gasteiger partial charge < -0.3 is 4.74 Å². The summed E-state index contributed by atoms with van der Waals surface area (Å²) in [7, 11) is 1.41. The Hall–Kier alpha value is -1.66. The molecule has 1 fully saturated rings. The van der Waals surface area contributed by atoms with Gasteiger partial charge in [0.25, 0.3) is 0 Å². The molecule has 0 saturated carbocycles. The van der Waals surface area contributed by atoms with E-state index in [1.54, 1.807) is 18.3 Å². The van der Waals surface area contributed by atoms with Crippen molar-refractivity contribution in [3.8, 4) is 0 Å². The van der Waals surface area contributed by atoms with Crippen LogP contribution in [0.15, 0.2) is 42.6 Å². The third-order valence-corrected chi connectivity index (χ3v) is 5.16. The first-order valence-corrected chi connectivity index (χ1v) is 9.23. The van der Waals surface area contributed by atoms with Gasteiger partial charge in [0, 0.05) is 43.9 Å². The maximum Gasteiger partial charge on any atom is 0.327 e. The minimum Gasteiger partial charge on any atom is -0.468 e. The number of rotatable bonds is 5. The van der Waals surface area contributed by atoms with Gasteiger partial charge in [0.1, 0.15) is 11.2 Å². The molecule has 0 aliphatic carbocycles. The number of carbonyl (C=O) groups excluding carboxylic acids is 1. The van der Waals surface area contributed by atoms with Gasteiger partial charge in [0.05, 0.1) is 7.11 Å². The molecule has 1 aromatic heterocycles. The van der Waals surface area contributed by atoms with Crippen LogP contribution in [0, 0.1) is 0 Å². The lowest BCUT2D eigenvalue weighted by atomic mass is 10.0. The number of piperazine rings is 1. The van der Waals surface area contributed by atoms with E-state index in [0.717, 1.165) is 43.9 Å². The molecule has 1 aliphatic heterocycles. The Kier molecular flexibility index (Phi) is 6.48. The highest BCUT2D eigenvalue weighted by Gasteiger charge is 2.32. The molecule has 1 aromatic carbocycles. The van der Waals surface area contributed by atoms with Crippen molar-refractivity contribution in [3.05, 3.63) is 63.9 Å². The quantitative estimate of drug-likeness (QED) is 0.575. The summed E-state index contributed by atoms with van der Waals surface area (Å²) in [5, 5.41) is 1.08. The molecule has 0 bridgehead atoms. The van der Waals surface area contributed by atoms with Crippen molar-refractivity contribution in [2.24, 2.45) is 0 Å². The van der Waals surface area contributed by atoms with Crippen LogP contribution in [0.1, 0.15) is 17.2 Å². The topological polar surface area (TPSA) is 45.7 Å². The predicted molar refractivity (Wildman–Crippen MR) is 102 cm³/mol. The highest BCUT2D eigenvalue weighted by Crippen LogP contribution is 2.29. The molecule has 1 saturated heterocycles. The minimum atomic E-state index is -0.479. The Balaban J connectivity index is 1.67. The van der Waals surface area contributed by atoms with Crippen LogP contribution in [0.25, 0.3) is 0 Å². The van der Waals surface area contributed by atoms with Crippen molar-refractivity contribution >= 4 is 29.2 Å². The fourth-order valence-corrected chi connectivity index (χ4v) is 3.57. The SMILES string of the molecule is COC(=O)C(c1ccccc1Cl)N1CCN(Cc2ccc(Cl)nc2)CC1. The van der Waals surface area contributed by atoms with E-state index < -0.39 is 6.04 Å². The smallest absolute Gasteiger partial charge is 0.327 e. The first-order chi connectivity index (χ1) is 12.6. The van der Waals surface area contributed by atoms with Gasteiger partial charge in [0.2, 0.25) is 0 Å². The normalized spacial score (nSPS) is 17.0. The van der Waals surface area contributed by atoms with Crippen LogP contribution in [0.3, 0.4) is 0 Å². The zero-order valence-corrected chi connectivity index (χ0v) is 16.1. The summed E-state index contributed by atoms with van der Waals surface area (Å²) in [6.07, 6.45) is 1.80. The number of aromatic nitrogens is 1. The van der Waals surface area contributed by atoms with Crippen LogP contribution in [-0.2, 0) is 16.1 Å². The molecule has 0 N–H and O–H groups in total. The number of hydrogen-bond donors (Lipinski definition) is 0. The van der Waals surface area contributed by atoms with Gasteiger partial charge >= 0.3 is 5.97 Å². The van der Waals surface area contributed by atoms with E-state index in [0.29, 0.717) is 10.2 Å². The highest BCUT2D eigenvalue weighted by molar-refractivity contribution is 6.31. The fourth-order valence-electron chi connectivity index (χ4n) is 3.22. The van der Waals surface area contributed by atoms with Crippen LogP contribution >= 0.6 is 23.2 Å². The summed E-state index contributed by atoms with van der Waals surface area (Å²) < 4.78 is 5.04. The molecule has 0 amide bonds. The van der Waals surface area contributed by atoms with Gasteiger partial charge in [-0.05, 0) is 23.3 Å². The van der Waals surface area contributed by atoms with E-state index >= 15 is 0 Å². The zero-order chi connectivity index (χ0) is 18.5. The third-order valence-electron chi connectivity index (χ3n) is 4.59. The number of methoxy groups -OCH3 is 1. The van der Waals surface area contributed by atoms with Crippen molar-refractivity contribution in [2.45, 2.75) is 12.6 Å². The number of ether oxygens (including phenoxy) is 1. The Morgan fingerprint density at radius 1 is 1.15 bits per heavy atom. The summed E-state index contributed by atoms with van der Waals surface area (Å²) in [5.74, 6) is -0.284. The number of carbonyl (C=O) groups is 1. The van der Waals surface area contributed by atoms with Crippen molar-refractivity contribution < 1.29 is 9.53 Å². The summed E-state index contributed by atoms with van der Waals surface area (Å²) in [4.78, 5) is 21.0. The van der Waals surface area contributed by atoms with Crippen LogP contribution in [0.4, 0.5) is 0 Å². The van der Waals surface area contributed by atoms with Crippen LogP contribution in [0.2, 0.25) is 10.2 Å². The first-order valence-electron chi connectivity index (χ1n) is 8.47. The average Bonchev–Trinajstić information content (AvgIpc) is 2.66. The third kappa shape index (κ3) is 4.54. The van der Waals surface area contributed by atoms with E-state index in [4.69, 9.17) is 27.9 Å². The van der Waals surface area contributed by atoms with Crippen molar-refractivity contribution in [1.82, 2.24) is 14.8 Å². The van der Waals surface area contributed by atoms with Crippen LogP contribution < -0.4 is 0 Å². The van der Waals surface area contributed by atoms with E-state index in [-0.39, 0.29) is 5.97 Å². The highest BCUT2D eigenvalue weighted by atomic mass is 35.5. The summed E-state index contributed by atoms with van der Waals surface area (Å²) >= 11 is 12.2. The van der Waals surface area contributed by atoms with Crippen LogP contribution in [-0.4, -0.2) is 54.0 Å². The lowest BCUT2D eigenvalue weighted by Gasteiger charge is -2.38. The number of nitrogens with zero attached hydrogens (tertiary/aromatic N) is 3. The lowest BCUT2D eigenvalue weighted by molar-refractivity contribution is -0.148. The second kappa shape index (κ2) is 8.82. The second-order valence-electron chi connectivity index (χ2n) is 6.25. The van der Waals surface area contributed by atoms with E-state index in [9.17, 15) is 4.79 Å². The molecular formula is C19H21Cl2N3O2. The molecule has 5 nitrogen and oxygen atoms in total. The maximum absolute atomic E-state index is 12.4. The summed E-state index contributed by atoms with van der Waals surface area (Å²) in [6, 6.07) is 10.7. The molecule has 0 radical (unpaired) electrons. The minimum absolute atomic E-state index is 0.284. The number of benzene rings is 1. The van der Waals surface area contributed by atoms with Crippen molar-refractivity contribution in [3.63, 3.8) is 0 Å². The molecule has 0 spiro atoms. The van der Waals surface area contributed by atoms with Crippen LogP contribution in [0.5, 0.6) is 0 Å². The Labute approximate surface area is 163 Å². The largest absolute Gasteiger partial charge is 0.468 e. The number of esters is 1. The number of halogens is 2. The average molecular weight is 394 g/mol. The molecule has 3 rings (SSSR count). The first kappa shape index (κ1) is 19.1. The zero-order valence-electron chi connectivity index (χ0n) is 14.6. The molecule has 2 aromatic rings. The molecular weight excluding hydrogens is 373 g/mol. The standard InChI is InChI=1S/C19H21Cl2N3O2/c1-26-19(25)18(15-4-2-3-5-16(15)20)24-10-8-23(9-11-24)13-14-6-7-17(21)22-12-14/h2-7,12,18H,8-11,13H2,1H3. The monoisotopic (exact) mass is 393 g/mol. The fraction of sp³-hybridized carbons (Fsp3) is 0.368. The molecule has 1 aliphatic rings. The molecule has 138 valence electrons. The molecule has 26 heavy (non-hydrogen) atoms. The van der Waals surface area contributed by atoms with E-state index in [2.05, 4.69) is 14.8 Å².